The number of anilines is 1. The van der Waals surface area contributed by atoms with Crippen molar-refractivity contribution in [3.8, 4) is 5.75 Å². The van der Waals surface area contributed by atoms with E-state index in [0.29, 0.717) is 0 Å². The standard InChI is InChI=1S/C13H13FN2O4/c1-6-10(13(19)16-11(6)17)12(18)15-7-3-4-9(20-2)8(14)5-7/h3-6,10H,1-2H3,(H,15,18)(H,16,17,19). The molecular formula is C13H13FN2O4. The molecule has 106 valence electrons. The number of carbonyl (C=O) groups is 3. The number of hydrogen-bond donors (Lipinski definition) is 2. The SMILES string of the molecule is COc1ccc(NC(=O)C2C(=O)NC(=O)C2C)cc1F. The number of nitrogens with one attached hydrogen (secondary N) is 2. The lowest BCUT2D eigenvalue weighted by molar-refractivity contribution is -0.131. The van der Waals surface area contributed by atoms with Crippen LogP contribution in [0.1, 0.15) is 6.92 Å². The van der Waals surface area contributed by atoms with Crippen LogP contribution in [0.15, 0.2) is 18.2 Å². The molecule has 1 fully saturated rings. The number of ether oxygens (including phenoxy) is 1. The largest absolute Gasteiger partial charge is 0.494 e. The summed E-state index contributed by atoms with van der Waals surface area (Å²) in [7, 11) is 1.33. The van der Waals surface area contributed by atoms with Gasteiger partial charge in [0.15, 0.2) is 11.6 Å². The lowest BCUT2D eigenvalue weighted by Gasteiger charge is -2.12. The highest BCUT2D eigenvalue weighted by molar-refractivity contribution is 6.17. The van der Waals surface area contributed by atoms with Gasteiger partial charge < -0.3 is 10.1 Å². The normalized spacial score (nSPS) is 21.6. The summed E-state index contributed by atoms with van der Waals surface area (Å²) in [5, 5.41) is 4.49. The van der Waals surface area contributed by atoms with Gasteiger partial charge in [-0.3, -0.25) is 19.7 Å². The first-order valence-electron chi connectivity index (χ1n) is 5.93. The summed E-state index contributed by atoms with van der Waals surface area (Å²) < 4.78 is 18.2. The fourth-order valence-electron chi connectivity index (χ4n) is 2.00. The van der Waals surface area contributed by atoms with Gasteiger partial charge >= 0.3 is 0 Å². The monoisotopic (exact) mass is 280 g/mol. The molecule has 1 aromatic carbocycles. The van der Waals surface area contributed by atoms with E-state index >= 15 is 0 Å². The highest BCUT2D eigenvalue weighted by atomic mass is 19.1. The van der Waals surface area contributed by atoms with Crippen LogP contribution in [0.5, 0.6) is 5.75 Å². The number of hydrogen-bond acceptors (Lipinski definition) is 4. The van der Waals surface area contributed by atoms with Crippen molar-refractivity contribution < 1.29 is 23.5 Å². The van der Waals surface area contributed by atoms with Gasteiger partial charge in [-0.05, 0) is 12.1 Å². The zero-order chi connectivity index (χ0) is 14.9. The number of methoxy groups -OCH3 is 1. The number of carbonyl (C=O) groups excluding carboxylic acids is 3. The van der Waals surface area contributed by atoms with Gasteiger partial charge in [0, 0.05) is 11.8 Å². The molecule has 3 amide bonds. The number of amides is 3. The fraction of sp³-hybridized carbons (Fsp3) is 0.308. The van der Waals surface area contributed by atoms with Crippen LogP contribution in [0.2, 0.25) is 0 Å². The third-order valence-electron chi connectivity index (χ3n) is 3.14. The third-order valence-corrected chi connectivity index (χ3v) is 3.14. The summed E-state index contributed by atoms with van der Waals surface area (Å²) in [5.74, 6) is -4.22. The zero-order valence-corrected chi connectivity index (χ0v) is 10.9. The van der Waals surface area contributed by atoms with Crippen molar-refractivity contribution in [2.24, 2.45) is 11.8 Å². The Hall–Kier alpha value is -2.44. The summed E-state index contributed by atoms with van der Waals surface area (Å²) in [4.78, 5) is 34.8. The Balaban J connectivity index is 2.14. The highest BCUT2D eigenvalue weighted by Gasteiger charge is 2.43. The van der Waals surface area contributed by atoms with Gasteiger partial charge in [-0.2, -0.15) is 0 Å². The lowest BCUT2D eigenvalue weighted by atomic mass is 9.96. The third kappa shape index (κ3) is 2.47. The minimum Gasteiger partial charge on any atom is -0.494 e. The van der Waals surface area contributed by atoms with E-state index < -0.39 is 35.4 Å². The van der Waals surface area contributed by atoms with E-state index in [1.165, 1.54) is 26.2 Å². The fourth-order valence-corrected chi connectivity index (χ4v) is 2.00. The second kappa shape index (κ2) is 5.28. The van der Waals surface area contributed by atoms with Crippen molar-refractivity contribution in [1.29, 1.82) is 0 Å². The maximum atomic E-state index is 13.5. The predicted octanol–water partition coefficient (Wildman–Crippen LogP) is 0.681. The number of imide groups is 1. The Bertz CT molecular complexity index is 588. The molecule has 0 radical (unpaired) electrons. The molecule has 2 N–H and O–H groups in total. The summed E-state index contributed by atoms with van der Waals surface area (Å²) in [5.41, 5.74) is 0.188. The first kappa shape index (κ1) is 14.0. The molecule has 0 saturated carbocycles. The Morgan fingerprint density at radius 3 is 2.55 bits per heavy atom. The molecule has 0 spiro atoms. The van der Waals surface area contributed by atoms with Gasteiger partial charge in [0.05, 0.1) is 13.0 Å². The smallest absolute Gasteiger partial charge is 0.239 e. The summed E-state index contributed by atoms with van der Waals surface area (Å²) in [6.45, 7) is 1.49. The topological polar surface area (TPSA) is 84.5 Å². The van der Waals surface area contributed by atoms with Gasteiger partial charge in [0.1, 0.15) is 5.92 Å². The Kier molecular flexibility index (Phi) is 3.69. The van der Waals surface area contributed by atoms with Crippen LogP contribution in [0, 0.1) is 17.7 Å². The Morgan fingerprint density at radius 1 is 1.35 bits per heavy atom. The summed E-state index contributed by atoms with van der Waals surface area (Å²) >= 11 is 0. The van der Waals surface area contributed by atoms with Crippen molar-refractivity contribution >= 4 is 23.4 Å². The Labute approximate surface area is 114 Å². The van der Waals surface area contributed by atoms with Crippen LogP contribution in [0.3, 0.4) is 0 Å². The van der Waals surface area contributed by atoms with Gasteiger partial charge in [-0.25, -0.2) is 4.39 Å². The molecule has 6 nitrogen and oxygen atoms in total. The molecule has 1 aromatic rings. The molecule has 0 aliphatic carbocycles. The van der Waals surface area contributed by atoms with Crippen LogP contribution < -0.4 is 15.4 Å². The lowest BCUT2D eigenvalue weighted by Crippen LogP contribution is -2.32. The quantitative estimate of drug-likeness (QED) is 0.630. The van der Waals surface area contributed by atoms with Crippen molar-refractivity contribution in [2.45, 2.75) is 6.92 Å². The molecule has 0 bridgehead atoms. The molecule has 1 aliphatic heterocycles. The summed E-state index contributed by atoms with van der Waals surface area (Å²) in [6, 6.07) is 3.88. The van der Waals surface area contributed by atoms with E-state index in [1.54, 1.807) is 0 Å². The van der Waals surface area contributed by atoms with Crippen LogP contribution in [-0.4, -0.2) is 24.8 Å². The molecular weight excluding hydrogens is 267 g/mol. The maximum absolute atomic E-state index is 13.5. The van der Waals surface area contributed by atoms with Gasteiger partial charge in [0.25, 0.3) is 0 Å². The molecule has 2 unspecified atom stereocenters. The van der Waals surface area contributed by atoms with Gasteiger partial charge in [0.2, 0.25) is 17.7 Å². The average Bonchev–Trinajstić information content (AvgIpc) is 2.63. The van der Waals surface area contributed by atoms with Gasteiger partial charge in [-0.15, -0.1) is 0 Å². The molecule has 20 heavy (non-hydrogen) atoms. The van der Waals surface area contributed by atoms with Crippen molar-refractivity contribution in [1.82, 2.24) is 5.32 Å². The first-order chi connectivity index (χ1) is 9.43. The minimum absolute atomic E-state index is 0.0464. The van der Waals surface area contributed by atoms with Gasteiger partial charge in [-0.1, -0.05) is 6.92 Å². The van der Waals surface area contributed by atoms with Crippen molar-refractivity contribution in [3.63, 3.8) is 0 Å². The second-order valence-electron chi connectivity index (χ2n) is 4.46. The molecule has 7 heteroatoms. The predicted molar refractivity (Wildman–Crippen MR) is 67.4 cm³/mol. The number of rotatable bonds is 3. The van der Waals surface area contributed by atoms with Crippen LogP contribution in [-0.2, 0) is 14.4 Å². The minimum atomic E-state index is -1.10. The average molecular weight is 280 g/mol. The van der Waals surface area contributed by atoms with Crippen molar-refractivity contribution in [3.05, 3.63) is 24.0 Å². The molecule has 1 saturated heterocycles. The van der Waals surface area contributed by atoms with Crippen LogP contribution >= 0.6 is 0 Å². The first-order valence-corrected chi connectivity index (χ1v) is 5.93. The zero-order valence-electron chi connectivity index (χ0n) is 10.9. The second-order valence-corrected chi connectivity index (χ2v) is 4.46. The molecule has 2 atom stereocenters. The number of benzene rings is 1. The summed E-state index contributed by atoms with van der Waals surface area (Å²) in [6.07, 6.45) is 0. The van der Waals surface area contributed by atoms with E-state index in [1.807, 2.05) is 0 Å². The van der Waals surface area contributed by atoms with Crippen LogP contribution in [0.25, 0.3) is 0 Å². The van der Waals surface area contributed by atoms with E-state index in [-0.39, 0.29) is 11.4 Å². The molecule has 0 aromatic heterocycles. The number of halogens is 1. The maximum Gasteiger partial charge on any atom is 0.239 e. The van der Waals surface area contributed by atoms with Crippen molar-refractivity contribution in [2.75, 3.05) is 12.4 Å². The Morgan fingerprint density at radius 2 is 2.05 bits per heavy atom. The van der Waals surface area contributed by atoms with E-state index in [2.05, 4.69) is 10.6 Å². The molecule has 2 rings (SSSR count). The highest BCUT2D eigenvalue weighted by Crippen LogP contribution is 2.23. The van der Waals surface area contributed by atoms with Crippen LogP contribution in [0.4, 0.5) is 10.1 Å². The molecule has 1 heterocycles. The molecule has 1 aliphatic rings. The van der Waals surface area contributed by atoms with E-state index in [9.17, 15) is 18.8 Å². The van der Waals surface area contributed by atoms with E-state index in [4.69, 9.17) is 4.74 Å². The van der Waals surface area contributed by atoms with E-state index in [0.717, 1.165) is 6.07 Å².